The van der Waals surface area contributed by atoms with Crippen LogP contribution in [-0.4, -0.2) is 37.2 Å². The van der Waals surface area contributed by atoms with Gasteiger partial charge in [0, 0.05) is 11.8 Å². The number of thiazole rings is 1. The lowest BCUT2D eigenvalue weighted by Crippen LogP contribution is -2.31. The summed E-state index contributed by atoms with van der Waals surface area (Å²) >= 11 is 1.38. The molecule has 0 amide bonds. The maximum absolute atomic E-state index is 11.9. The summed E-state index contributed by atoms with van der Waals surface area (Å²) in [5.41, 5.74) is -0.181. The van der Waals surface area contributed by atoms with Gasteiger partial charge in [-0.25, -0.2) is 13.8 Å². The van der Waals surface area contributed by atoms with Gasteiger partial charge in [-0.1, -0.05) is 0 Å². The first-order valence-electron chi connectivity index (χ1n) is 6.36. The van der Waals surface area contributed by atoms with Crippen LogP contribution in [0.15, 0.2) is 5.38 Å². The summed E-state index contributed by atoms with van der Waals surface area (Å²) in [4.78, 5) is 16.2. The van der Waals surface area contributed by atoms with Gasteiger partial charge < -0.3 is 9.47 Å². The second-order valence-corrected chi connectivity index (χ2v) is 5.63. The number of hydrogen-bond acceptors (Lipinski definition) is 5. The molecule has 0 aliphatic carbocycles. The number of aromatic nitrogens is 1. The van der Waals surface area contributed by atoms with E-state index >= 15 is 0 Å². The van der Waals surface area contributed by atoms with E-state index in [1.54, 1.807) is 26.2 Å². The second-order valence-electron chi connectivity index (χ2n) is 4.69. The minimum atomic E-state index is -2.45. The van der Waals surface area contributed by atoms with Crippen LogP contribution in [0.2, 0.25) is 0 Å². The van der Waals surface area contributed by atoms with Gasteiger partial charge in [-0.05, 0) is 20.8 Å². The summed E-state index contributed by atoms with van der Waals surface area (Å²) in [5.74, 6) is -0.328. The normalized spacial score (nSPS) is 11.9. The first-order valence-corrected chi connectivity index (χ1v) is 7.23. The van der Waals surface area contributed by atoms with Crippen molar-refractivity contribution in [3.63, 3.8) is 0 Å². The molecule has 0 aromatic carbocycles. The Labute approximate surface area is 121 Å². The van der Waals surface area contributed by atoms with Crippen molar-refractivity contribution in [1.82, 2.24) is 4.98 Å². The standard InChI is InChI=1S/C13H19F2NO3S/c1-4-19-12(17)13(2,3)9-8-20-11(16-9)5-6-18-7-10(14)15/h8,10H,4-7H2,1-3H3. The molecule has 0 radical (unpaired) electrons. The Morgan fingerprint density at radius 2 is 2.20 bits per heavy atom. The molecular weight excluding hydrogens is 288 g/mol. The number of hydrogen-bond donors (Lipinski definition) is 0. The van der Waals surface area contributed by atoms with Crippen molar-refractivity contribution in [2.45, 2.75) is 39.0 Å². The number of carbonyl (C=O) groups is 1. The zero-order chi connectivity index (χ0) is 15.2. The van der Waals surface area contributed by atoms with Gasteiger partial charge in [0.05, 0.1) is 23.9 Å². The molecule has 114 valence electrons. The third kappa shape index (κ3) is 4.79. The van der Waals surface area contributed by atoms with Gasteiger partial charge in [-0.3, -0.25) is 4.79 Å². The lowest BCUT2D eigenvalue weighted by Gasteiger charge is -2.19. The summed E-state index contributed by atoms with van der Waals surface area (Å²) in [6.45, 7) is 5.19. The summed E-state index contributed by atoms with van der Waals surface area (Å²) in [5, 5.41) is 2.55. The van der Waals surface area contributed by atoms with Crippen molar-refractivity contribution in [2.24, 2.45) is 0 Å². The van der Waals surface area contributed by atoms with Crippen molar-refractivity contribution >= 4 is 17.3 Å². The Morgan fingerprint density at radius 3 is 2.80 bits per heavy atom. The van der Waals surface area contributed by atoms with Crippen LogP contribution in [0.1, 0.15) is 31.5 Å². The quantitative estimate of drug-likeness (QED) is 0.547. The number of nitrogens with zero attached hydrogens (tertiary/aromatic N) is 1. The van der Waals surface area contributed by atoms with Gasteiger partial charge in [-0.2, -0.15) is 0 Å². The lowest BCUT2D eigenvalue weighted by atomic mass is 9.90. The Balaban J connectivity index is 2.56. The molecule has 7 heteroatoms. The maximum atomic E-state index is 11.9. The zero-order valence-electron chi connectivity index (χ0n) is 11.8. The van der Waals surface area contributed by atoms with E-state index in [-0.39, 0.29) is 12.6 Å². The lowest BCUT2D eigenvalue weighted by molar-refractivity contribution is -0.148. The first-order chi connectivity index (χ1) is 9.37. The van der Waals surface area contributed by atoms with Crippen LogP contribution in [0.4, 0.5) is 8.78 Å². The van der Waals surface area contributed by atoms with E-state index in [0.29, 0.717) is 18.7 Å². The predicted molar refractivity (Wildman–Crippen MR) is 72.3 cm³/mol. The molecule has 1 heterocycles. The van der Waals surface area contributed by atoms with Crippen molar-refractivity contribution in [3.05, 3.63) is 16.1 Å². The highest BCUT2D eigenvalue weighted by atomic mass is 32.1. The molecule has 1 aromatic heterocycles. The second kappa shape index (κ2) is 7.64. The van der Waals surface area contributed by atoms with E-state index in [1.165, 1.54) is 11.3 Å². The Morgan fingerprint density at radius 1 is 1.50 bits per heavy atom. The monoisotopic (exact) mass is 307 g/mol. The smallest absolute Gasteiger partial charge is 0.317 e. The van der Waals surface area contributed by atoms with Gasteiger partial charge in [0.25, 0.3) is 6.43 Å². The summed E-state index contributed by atoms with van der Waals surface area (Å²) < 4.78 is 33.6. The van der Waals surface area contributed by atoms with Gasteiger partial charge in [0.1, 0.15) is 12.0 Å². The topological polar surface area (TPSA) is 48.4 Å². The van der Waals surface area contributed by atoms with E-state index in [9.17, 15) is 13.6 Å². The minimum Gasteiger partial charge on any atom is -0.465 e. The molecule has 4 nitrogen and oxygen atoms in total. The van der Waals surface area contributed by atoms with E-state index in [4.69, 9.17) is 9.47 Å². The van der Waals surface area contributed by atoms with Crippen LogP contribution in [-0.2, 0) is 26.1 Å². The predicted octanol–water partition coefficient (Wildman–Crippen LogP) is 2.81. The third-order valence-corrected chi connectivity index (χ3v) is 3.59. The molecule has 0 fully saturated rings. The molecule has 0 unspecified atom stereocenters. The fraction of sp³-hybridized carbons (Fsp3) is 0.692. The molecule has 0 bridgehead atoms. The van der Waals surface area contributed by atoms with Crippen molar-refractivity contribution in [1.29, 1.82) is 0 Å². The van der Waals surface area contributed by atoms with E-state index in [2.05, 4.69) is 4.98 Å². The molecular formula is C13H19F2NO3S. The number of esters is 1. The fourth-order valence-electron chi connectivity index (χ4n) is 1.46. The fourth-order valence-corrected chi connectivity index (χ4v) is 2.41. The third-order valence-electron chi connectivity index (χ3n) is 2.68. The highest BCUT2D eigenvalue weighted by Gasteiger charge is 2.33. The van der Waals surface area contributed by atoms with Crippen molar-refractivity contribution in [3.8, 4) is 0 Å². The first kappa shape index (κ1) is 17.0. The molecule has 0 saturated heterocycles. The SMILES string of the molecule is CCOC(=O)C(C)(C)c1csc(CCOCC(F)F)n1. The molecule has 0 atom stereocenters. The summed E-state index contributed by atoms with van der Waals surface area (Å²) in [6.07, 6.45) is -2.00. The van der Waals surface area contributed by atoms with E-state index < -0.39 is 18.4 Å². The van der Waals surface area contributed by atoms with Crippen LogP contribution < -0.4 is 0 Å². The van der Waals surface area contributed by atoms with Gasteiger partial charge in [0.2, 0.25) is 0 Å². The zero-order valence-corrected chi connectivity index (χ0v) is 12.6. The molecule has 0 N–H and O–H groups in total. The molecule has 0 aliphatic heterocycles. The van der Waals surface area contributed by atoms with E-state index in [0.717, 1.165) is 5.01 Å². The Hall–Kier alpha value is -1.08. The van der Waals surface area contributed by atoms with E-state index in [1.807, 2.05) is 0 Å². The summed E-state index contributed by atoms with van der Waals surface area (Å²) in [7, 11) is 0. The molecule has 0 spiro atoms. The molecule has 0 saturated carbocycles. The van der Waals surface area contributed by atoms with Gasteiger partial charge in [0.15, 0.2) is 0 Å². The highest BCUT2D eigenvalue weighted by molar-refractivity contribution is 7.09. The molecule has 1 rings (SSSR count). The van der Waals surface area contributed by atoms with Crippen LogP contribution >= 0.6 is 11.3 Å². The number of carbonyl (C=O) groups excluding carboxylic acids is 1. The van der Waals surface area contributed by atoms with Crippen LogP contribution in [0.3, 0.4) is 0 Å². The van der Waals surface area contributed by atoms with Crippen LogP contribution in [0.25, 0.3) is 0 Å². The number of rotatable bonds is 8. The number of halogens is 2. The highest BCUT2D eigenvalue weighted by Crippen LogP contribution is 2.26. The maximum Gasteiger partial charge on any atom is 0.317 e. The summed E-state index contributed by atoms with van der Waals surface area (Å²) in [6, 6.07) is 0. The van der Waals surface area contributed by atoms with Gasteiger partial charge in [-0.15, -0.1) is 11.3 Å². The van der Waals surface area contributed by atoms with Crippen LogP contribution in [0.5, 0.6) is 0 Å². The largest absolute Gasteiger partial charge is 0.465 e. The average molecular weight is 307 g/mol. The molecule has 1 aromatic rings. The molecule has 0 aliphatic rings. The number of ether oxygens (including phenoxy) is 2. The van der Waals surface area contributed by atoms with Crippen LogP contribution in [0, 0.1) is 0 Å². The Bertz CT molecular complexity index is 435. The van der Waals surface area contributed by atoms with Crippen molar-refractivity contribution < 1.29 is 23.0 Å². The van der Waals surface area contributed by atoms with Crippen molar-refractivity contribution in [2.75, 3.05) is 19.8 Å². The minimum absolute atomic E-state index is 0.192. The number of alkyl halides is 2. The Kier molecular flexibility index (Phi) is 6.48. The molecule has 20 heavy (non-hydrogen) atoms. The van der Waals surface area contributed by atoms with Gasteiger partial charge >= 0.3 is 5.97 Å². The average Bonchev–Trinajstić information content (AvgIpc) is 2.84.